The van der Waals surface area contributed by atoms with Gasteiger partial charge in [0.1, 0.15) is 0 Å². The first-order chi connectivity index (χ1) is 17.4. The number of dihydropyridines is 1. The lowest BCUT2D eigenvalue weighted by atomic mass is 9.80. The number of allylic oxidation sites excluding steroid dienone is 2. The van der Waals surface area contributed by atoms with Gasteiger partial charge in [0.2, 0.25) is 0 Å². The molecule has 0 radical (unpaired) electrons. The maximum atomic E-state index is 13.0. The van der Waals surface area contributed by atoms with E-state index in [0.29, 0.717) is 40.6 Å². The number of hydrogen-bond acceptors (Lipinski definition) is 8. The zero-order valence-electron chi connectivity index (χ0n) is 22.3. The number of ether oxygens (including phenoxy) is 4. The summed E-state index contributed by atoms with van der Waals surface area (Å²) in [7, 11) is 1.59. The van der Waals surface area contributed by atoms with Crippen LogP contribution in [0.2, 0.25) is 0 Å². The third kappa shape index (κ3) is 6.60. The first-order valence-corrected chi connectivity index (χ1v) is 13.0. The number of hydrogen-bond donors (Lipinski definition) is 1. The Morgan fingerprint density at radius 3 is 2.11 bits per heavy atom. The van der Waals surface area contributed by atoms with E-state index in [1.54, 1.807) is 21.0 Å². The molecular formula is C28H40N2O6. The standard InChI is InChI=1S/C28H40N2O6/c1-6-34-27(31)24-19(3)29-20(4)25(28(32)35-7-2)26(24)21-12-13-22(23(18-21)33-5)36-17-11-16-30-14-9-8-10-15-30/h12-13,18,26,29H,6-11,14-17H2,1-5H3. The number of rotatable bonds is 11. The Morgan fingerprint density at radius 2 is 1.56 bits per heavy atom. The number of benzene rings is 1. The zero-order chi connectivity index (χ0) is 26.1. The van der Waals surface area contributed by atoms with Crippen LogP contribution < -0.4 is 14.8 Å². The molecule has 3 rings (SSSR count). The van der Waals surface area contributed by atoms with Crippen molar-refractivity contribution in [2.24, 2.45) is 0 Å². The molecule has 1 aromatic carbocycles. The van der Waals surface area contributed by atoms with Gasteiger partial charge in [-0.2, -0.15) is 0 Å². The van der Waals surface area contributed by atoms with Gasteiger partial charge in [0.15, 0.2) is 11.5 Å². The van der Waals surface area contributed by atoms with Gasteiger partial charge in [-0.25, -0.2) is 9.59 Å². The van der Waals surface area contributed by atoms with Crippen LogP contribution in [-0.4, -0.2) is 63.4 Å². The van der Waals surface area contributed by atoms with Crippen molar-refractivity contribution < 1.29 is 28.5 Å². The summed E-state index contributed by atoms with van der Waals surface area (Å²) < 4.78 is 22.4. The van der Waals surface area contributed by atoms with Gasteiger partial charge in [0.25, 0.3) is 0 Å². The smallest absolute Gasteiger partial charge is 0.336 e. The molecule has 1 N–H and O–H groups in total. The third-order valence-electron chi connectivity index (χ3n) is 6.60. The van der Waals surface area contributed by atoms with Gasteiger partial charge in [-0.3, -0.25) is 0 Å². The van der Waals surface area contributed by atoms with Crippen molar-refractivity contribution in [3.63, 3.8) is 0 Å². The molecule has 36 heavy (non-hydrogen) atoms. The minimum Gasteiger partial charge on any atom is -0.493 e. The zero-order valence-corrected chi connectivity index (χ0v) is 22.3. The molecule has 1 saturated heterocycles. The van der Waals surface area contributed by atoms with E-state index < -0.39 is 17.9 Å². The number of esters is 2. The maximum Gasteiger partial charge on any atom is 0.336 e. The molecule has 0 aromatic heterocycles. The Kier molecular flexibility index (Phi) is 10.2. The summed E-state index contributed by atoms with van der Waals surface area (Å²) in [5.41, 5.74) is 2.76. The molecule has 0 spiro atoms. The van der Waals surface area contributed by atoms with E-state index >= 15 is 0 Å². The summed E-state index contributed by atoms with van der Waals surface area (Å²) >= 11 is 0. The number of nitrogens with zero attached hydrogens (tertiary/aromatic N) is 1. The van der Waals surface area contributed by atoms with Crippen LogP contribution in [0.1, 0.15) is 64.9 Å². The van der Waals surface area contributed by atoms with Gasteiger partial charge in [0.05, 0.1) is 44.0 Å². The second kappa shape index (κ2) is 13.3. The highest BCUT2D eigenvalue weighted by Crippen LogP contribution is 2.42. The van der Waals surface area contributed by atoms with Gasteiger partial charge in [-0.1, -0.05) is 12.5 Å². The van der Waals surface area contributed by atoms with E-state index in [0.717, 1.165) is 18.5 Å². The highest BCUT2D eigenvalue weighted by atomic mass is 16.5. The molecule has 0 aliphatic carbocycles. The SMILES string of the molecule is CCOC(=O)C1=C(C)NC(C)=C(C(=O)OCC)C1c1ccc(OCCCN2CCCCC2)c(OC)c1. The topological polar surface area (TPSA) is 86.3 Å². The summed E-state index contributed by atoms with van der Waals surface area (Å²) in [5.74, 6) is -0.430. The van der Waals surface area contributed by atoms with E-state index in [4.69, 9.17) is 18.9 Å². The van der Waals surface area contributed by atoms with Crippen molar-refractivity contribution in [3.05, 3.63) is 46.3 Å². The van der Waals surface area contributed by atoms with Crippen LogP contribution in [-0.2, 0) is 19.1 Å². The number of methoxy groups -OCH3 is 1. The average molecular weight is 501 g/mol. The van der Waals surface area contributed by atoms with E-state index in [9.17, 15) is 9.59 Å². The second-order valence-corrected chi connectivity index (χ2v) is 9.09. The molecule has 2 aliphatic rings. The van der Waals surface area contributed by atoms with Crippen molar-refractivity contribution in [1.29, 1.82) is 0 Å². The molecule has 0 saturated carbocycles. The second-order valence-electron chi connectivity index (χ2n) is 9.09. The fraction of sp³-hybridized carbons (Fsp3) is 0.571. The quantitative estimate of drug-likeness (QED) is 0.355. The molecule has 2 heterocycles. The first-order valence-electron chi connectivity index (χ1n) is 13.0. The Hall–Kier alpha value is -3.00. The number of carbonyl (C=O) groups excluding carboxylic acids is 2. The highest BCUT2D eigenvalue weighted by molar-refractivity contribution is 6.00. The van der Waals surface area contributed by atoms with E-state index in [1.165, 1.54) is 32.4 Å². The van der Waals surface area contributed by atoms with Crippen LogP contribution in [0, 0.1) is 0 Å². The predicted molar refractivity (Wildman–Crippen MR) is 138 cm³/mol. The molecule has 2 aliphatic heterocycles. The molecule has 0 amide bonds. The summed E-state index contributed by atoms with van der Waals surface area (Å²) in [6, 6.07) is 5.54. The van der Waals surface area contributed by atoms with Crippen LogP contribution in [0.25, 0.3) is 0 Å². The minimum absolute atomic E-state index is 0.229. The van der Waals surface area contributed by atoms with E-state index in [2.05, 4.69) is 10.2 Å². The van der Waals surface area contributed by atoms with Gasteiger partial charge < -0.3 is 29.2 Å². The molecule has 8 nitrogen and oxygen atoms in total. The van der Waals surface area contributed by atoms with Crippen LogP contribution in [0.4, 0.5) is 0 Å². The fourth-order valence-corrected chi connectivity index (χ4v) is 4.92. The van der Waals surface area contributed by atoms with Crippen molar-refractivity contribution in [3.8, 4) is 11.5 Å². The Bertz CT molecular complexity index is 954. The van der Waals surface area contributed by atoms with Crippen LogP contribution in [0.5, 0.6) is 11.5 Å². The van der Waals surface area contributed by atoms with Crippen LogP contribution in [0.3, 0.4) is 0 Å². The minimum atomic E-state index is -0.661. The van der Waals surface area contributed by atoms with Crippen LogP contribution in [0.15, 0.2) is 40.7 Å². The molecular weight excluding hydrogens is 460 g/mol. The maximum absolute atomic E-state index is 13.0. The van der Waals surface area contributed by atoms with E-state index in [-0.39, 0.29) is 13.2 Å². The Balaban J connectivity index is 1.86. The van der Waals surface area contributed by atoms with Crippen LogP contribution >= 0.6 is 0 Å². The summed E-state index contributed by atoms with van der Waals surface area (Å²) in [5, 5.41) is 3.16. The molecule has 0 atom stereocenters. The van der Waals surface area contributed by atoms with Crippen molar-refractivity contribution >= 4 is 11.9 Å². The Morgan fingerprint density at radius 1 is 0.944 bits per heavy atom. The highest BCUT2D eigenvalue weighted by Gasteiger charge is 2.38. The normalized spacial score (nSPS) is 17.0. The predicted octanol–water partition coefficient (Wildman–Crippen LogP) is 4.31. The van der Waals surface area contributed by atoms with Gasteiger partial charge in [-0.05, 0) is 77.7 Å². The average Bonchev–Trinajstić information content (AvgIpc) is 2.87. The van der Waals surface area contributed by atoms with Crippen molar-refractivity contribution in [2.45, 2.75) is 59.3 Å². The molecule has 8 heteroatoms. The largest absolute Gasteiger partial charge is 0.493 e. The fourth-order valence-electron chi connectivity index (χ4n) is 4.92. The summed E-state index contributed by atoms with van der Waals surface area (Å²) in [6.45, 7) is 11.5. The van der Waals surface area contributed by atoms with Gasteiger partial charge in [-0.15, -0.1) is 0 Å². The lowest BCUT2D eigenvalue weighted by Crippen LogP contribution is -2.32. The van der Waals surface area contributed by atoms with Crippen molar-refractivity contribution in [1.82, 2.24) is 10.2 Å². The summed E-state index contributed by atoms with van der Waals surface area (Å²) in [6.07, 6.45) is 4.81. The third-order valence-corrected chi connectivity index (χ3v) is 6.60. The molecule has 198 valence electrons. The molecule has 1 aromatic rings. The first kappa shape index (κ1) is 27.6. The summed E-state index contributed by atoms with van der Waals surface area (Å²) in [4.78, 5) is 28.5. The lowest BCUT2D eigenvalue weighted by Gasteiger charge is -2.30. The Labute approximate surface area is 214 Å². The molecule has 0 unspecified atom stereocenters. The van der Waals surface area contributed by atoms with Gasteiger partial charge >= 0.3 is 11.9 Å². The number of nitrogens with one attached hydrogen (secondary N) is 1. The number of likely N-dealkylation sites (tertiary alicyclic amines) is 1. The number of piperidine rings is 1. The number of carbonyl (C=O) groups is 2. The molecule has 1 fully saturated rings. The van der Waals surface area contributed by atoms with Crippen molar-refractivity contribution in [2.75, 3.05) is 46.6 Å². The van der Waals surface area contributed by atoms with E-state index in [1.807, 2.05) is 32.0 Å². The van der Waals surface area contributed by atoms with Gasteiger partial charge in [0, 0.05) is 17.9 Å². The molecule has 0 bridgehead atoms. The monoisotopic (exact) mass is 500 g/mol. The lowest BCUT2D eigenvalue weighted by molar-refractivity contribution is -0.139.